The van der Waals surface area contributed by atoms with Gasteiger partial charge in [0.1, 0.15) is 0 Å². The first-order valence-corrected chi connectivity index (χ1v) is 7.49. The molecule has 0 aromatic rings. The first kappa shape index (κ1) is 16.4. The second-order valence-corrected chi connectivity index (χ2v) is 6.94. The van der Waals surface area contributed by atoms with Crippen LogP contribution in [0.4, 0.5) is 0 Å². The first-order chi connectivity index (χ1) is 8.74. The van der Waals surface area contributed by atoms with Crippen molar-refractivity contribution >= 4 is 5.91 Å². The van der Waals surface area contributed by atoms with Gasteiger partial charge in [-0.25, -0.2) is 0 Å². The molecule has 0 heterocycles. The maximum Gasteiger partial charge on any atom is 0.240 e. The van der Waals surface area contributed by atoms with Crippen molar-refractivity contribution in [1.82, 2.24) is 10.2 Å². The molecule has 0 aromatic heterocycles. The number of carbonyl (C=O) groups is 1. The van der Waals surface area contributed by atoms with Crippen LogP contribution >= 0.6 is 0 Å². The second kappa shape index (κ2) is 6.71. The Balaban J connectivity index is 2.65. The van der Waals surface area contributed by atoms with Crippen LogP contribution in [-0.2, 0) is 4.79 Å². The van der Waals surface area contributed by atoms with E-state index in [-0.39, 0.29) is 11.9 Å². The molecule has 0 saturated heterocycles. The number of rotatable bonds is 5. The highest BCUT2D eigenvalue weighted by atomic mass is 16.2. The highest BCUT2D eigenvalue weighted by molar-refractivity contribution is 5.86. The van der Waals surface area contributed by atoms with E-state index in [0.717, 1.165) is 25.8 Å². The minimum Gasteiger partial charge on any atom is -0.350 e. The van der Waals surface area contributed by atoms with Crippen molar-refractivity contribution in [2.75, 3.05) is 20.6 Å². The Morgan fingerprint density at radius 3 is 2.58 bits per heavy atom. The van der Waals surface area contributed by atoms with Crippen molar-refractivity contribution in [2.45, 2.75) is 58.0 Å². The predicted molar refractivity (Wildman–Crippen MR) is 79.9 cm³/mol. The van der Waals surface area contributed by atoms with Crippen molar-refractivity contribution in [1.29, 1.82) is 0 Å². The van der Waals surface area contributed by atoms with E-state index in [1.165, 1.54) is 6.42 Å². The van der Waals surface area contributed by atoms with E-state index >= 15 is 0 Å². The largest absolute Gasteiger partial charge is 0.350 e. The molecule has 19 heavy (non-hydrogen) atoms. The van der Waals surface area contributed by atoms with E-state index in [1.807, 2.05) is 14.1 Å². The molecule has 4 heteroatoms. The van der Waals surface area contributed by atoms with Gasteiger partial charge in [0.25, 0.3) is 0 Å². The molecular formula is C15H31N3O. The molecule has 3 atom stereocenters. The summed E-state index contributed by atoms with van der Waals surface area (Å²) in [5.74, 6) is 1.01. The van der Waals surface area contributed by atoms with Crippen LogP contribution in [0.25, 0.3) is 0 Å². The average Bonchev–Trinajstić information content (AvgIpc) is 2.26. The zero-order chi connectivity index (χ0) is 14.6. The van der Waals surface area contributed by atoms with Crippen molar-refractivity contribution in [3.05, 3.63) is 0 Å². The molecule has 0 spiro atoms. The molecule has 1 saturated carbocycles. The van der Waals surface area contributed by atoms with Crippen LogP contribution in [0.2, 0.25) is 0 Å². The molecule has 3 N–H and O–H groups in total. The smallest absolute Gasteiger partial charge is 0.240 e. The Hall–Kier alpha value is -0.610. The number of nitrogens with two attached hydrogens (primary N) is 1. The monoisotopic (exact) mass is 269 g/mol. The molecule has 4 nitrogen and oxygen atoms in total. The van der Waals surface area contributed by atoms with Crippen molar-refractivity contribution in [3.8, 4) is 0 Å². The van der Waals surface area contributed by atoms with Gasteiger partial charge in [0.15, 0.2) is 0 Å². The maximum atomic E-state index is 12.5. The van der Waals surface area contributed by atoms with Crippen LogP contribution in [0, 0.1) is 11.8 Å². The minimum absolute atomic E-state index is 0.0413. The fourth-order valence-corrected chi connectivity index (χ4v) is 2.93. The maximum absolute atomic E-state index is 12.5. The summed E-state index contributed by atoms with van der Waals surface area (Å²) in [5, 5.41) is 3.17. The van der Waals surface area contributed by atoms with E-state index in [0.29, 0.717) is 11.8 Å². The van der Waals surface area contributed by atoms with Gasteiger partial charge < -0.3 is 16.0 Å². The molecule has 1 amide bonds. The lowest BCUT2D eigenvalue weighted by Crippen LogP contribution is -2.60. The topological polar surface area (TPSA) is 58.4 Å². The molecule has 1 rings (SSSR count). The molecule has 0 aliphatic heterocycles. The van der Waals surface area contributed by atoms with Gasteiger partial charge in [-0.1, -0.05) is 33.6 Å². The van der Waals surface area contributed by atoms with E-state index in [2.05, 4.69) is 31.0 Å². The third kappa shape index (κ3) is 4.77. The lowest BCUT2D eigenvalue weighted by Gasteiger charge is -2.37. The Bertz CT molecular complexity index is 304. The van der Waals surface area contributed by atoms with Crippen LogP contribution in [0.5, 0.6) is 0 Å². The summed E-state index contributed by atoms with van der Waals surface area (Å²) in [5.41, 5.74) is 5.69. The molecule has 0 radical (unpaired) electrons. The Morgan fingerprint density at radius 2 is 2.11 bits per heavy atom. The van der Waals surface area contributed by atoms with Crippen LogP contribution in [0.1, 0.15) is 46.5 Å². The van der Waals surface area contributed by atoms with Gasteiger partial charge >= 0.3 is 0 Å². The minimum atomic E-state index is -0.656. The van der Waals surface area contributed by atoms with Crippen molar-refractivity contribution in [3.63, 3.8) is 0 Å². The van der Waals surface area contributed by atoms with Gasteiger partial charge in [0.05, 0.1) is 5.54 Å². The molecular weight excluding hydrogens is 238 g/mol. The summed E-state index contributed by atoms with van der Waals surface area (Å²) in [6.07, 6.45) is 3.88. The number of amides is 1. The Morgan fingerprint density at radius 1 is 1.47 bits per heavy atom. The first-order valence-electron chi connectivity index (χ1n) is 7.49. The highest BCUT2D eigenvalue weighted by Gasteiger charge is 2.38. The molecule has 1 aliphatic rings. The highest BCUT2D eigenvalue weighted by Crippen LogP contribution is 2.30. The number of hydrogen-bond donors (Lipinski definition) is 2. The van der Waals surface area contributed by atoms with E-state index in [1.54, 1.807) is 0 Å². The van der Waals surface area contributed by atoms with Crippen LogP contribution in [-0.4, -0.2) is 43.0 Å². The summed E-state index contributed by atoms with van der Waals surface area (Å²) in [7, 11) is 4.06. The third-order valence-electron chi connectivity index (χ3n) is 4.17. The van der Waals surface area contributed by atoms with Gasteiger partial charge in [-0.2, -0.15) is 0 Å². The summed E-state index contributed by atoms with van der Waals surface area (Å²) in [4.78, 5) is 14.6. The van der Waals surface area contributed by atoms with Gasteiger partial charge in [0.2, 0.25) is 5.91 Å². The second-order valence-electron chi connectivity index (χ2n) is 6.94. The summed E-state index contributed by atoms with van der Waals surface area (Å²) < 4.78 is 0. The van der Waals surface area contributed by atoms with E-state index in [9.17, 15) is 4.79 Å². The van der Waals surface area contributed by atoms with Crippen molar-refractivity contribution in [2.24, 2.45) is 17.6 Å². The van der Waals surface area contributed by atoms with Crippen LogP contribution < -0.4 is 11.1 Å². The number of hydrogen-bond acceptors (Lipinski definition) is 3. The molecule has 0 aromatic carbocycles. The normalized spacial score (nSPS) is 29.6. The van der Waals surface area contributed by atoms with Gasteiger partial charge in [-0.3, -0.25) is 4.79 Å². The zero-order valence-corrected chi connectivity index (χ0v) is 13.2. The number of likely N-dealkylation sites (N-methyl/N-ethyl adjacent to an activating group) is 1. The van der Waals surface area contributed by atoms with Crippen molar-refractivity contribution < 1.29 is 4.79 Å². The zero-order valence-electron chi connectivity index (χ0n) is 13.2. The summed E-state index contributed by atoms with van der Waals surface area (Å²) >= 11 is 0. The number of carbonyl (C=O) groups excluding carboxylic acids is 1. The SMILES string of the molecule is CC1CCCC(N)(C(=O)NC(CN(C)C)C(C)C)C1. The number of nitrogens with zero attached hydrogens (tertiary/aromatic N) is 1. The Kier molecular flexibility index (Phi) is 5.81. The lowest BCUT2D eigenvalue weighted by molar-refractivity contribution is -0.129. The van der Waals surface area contributed by atoms with E-state index < -0.39 is 5.54 Å². The van der Waals surface area contributed by atoms with E-state index in [4.69, 9.17) is 5.73 Å². The molecule has 112 valence electrons. The summed E-state index contributed by atoms with van der Waals surface area (Å²) in [6, 6.07) is 0.167. The van der Waals surface area contributed by atoms with Crippen LogP contribution in [0.3, 0.4) is 0 Å². The predicted octanol–water partition coefficient (Wildman–Crippen LogP) is 1.60. The van der Waals surface area contributed by atoms with Gasteiger partial charge in [0, 0.05) is 12.6 Å². The molecule has 1 aliphatic carbocycles. The standard InChI is InChI=1S/C15H31N3O/c1-11(2)13(10-18(4)5)17-14(19)15(16)8-6-7-12(3)9-15/h11-13H,6-10,16H2,1-5H3,(H,17,19). The Labute approximate surface area is 118 Å². The molecule has 0 bridgehead atoms. The fourth-order valence-electron chi connectivity index (χ4n) is 2.93. The lowest BCUT2D eigenvalue weighted by atomic mass is 9.76. The van der Waals surface area contributed by atoms with Crippen LogP contribution in [0.15, 0.2) is 0 Å². The van der Waals surface area contributed by atoms with Gasteiger partial charge in [-0.15, -0.1) is 0 Å². The summed E-state index contributed by atoms with van der Waals surface area (Å²) in [6.45, 7) is 7.32. The fraction of sp³-hybridized carbons (Fsp3) is 0.933. The number of nitrogens with one attached hydrogen (secondary N) is 1. The quantitative estimate of drug-likeness (QED) is 0.797. The molecule has 3 unspecified atom stereocenters. The molecule has 1 fully saturated rings. The van der Waals surface area contributed by atoms with Gasteiger partial charge in [-0.05, 0) is 38.8 Å². The third-order valence-corrected chi connectivity index (χ3v) is 4.17. The average molecular weight is 269 g/mol.